The fourth-order valence-corrected chi connectivity index (χ4v) is 3.38. The van der Waals surface area contributed by atoms with Crippen LogP contribution in [0.5, 0.6) is 0 Å². The lowest BCUT2D eigenvalue weighted by molar-refractivity contribution is 0.0695. The molecule has 0 aliphatic rings. The Kier molecular flexibility index (Phi) is 4.87. The van der Waals surface area contributed by atoms with Gasteiger partial charge in [0.1, 0.15) is 17.4 Å². The van der Waals surface area contributed by atoms with E-state index in [-0.39, 0.29) is 12.1 Å². The van der Waals surface area contributed by atoms with Gasteiger partial charge in [-0.3, -0.25) is 4.79 Å². The number of fused-ring (bicyclic) bond motifs is 1. The quantitative estimate of drug-likeness (QED) is 0.465. The number of aromatic nitrogens is 4. The van der Waals surface area contributed by atoms with Gasteiger partial charge in [0, 0.05) is 10.4 Å². The van der Waals surface area contributed by atoms with Gasteiger partial charge in [-0.25, -0.2) is 9.48 Å². The summed E-state index contributed by atoms with van der Waals surface area (Å²) in [5.74, 6) is -1.31. The number of rotatable bonds is 5. The van der Waals surface area contributed by atoms with Gasteiger partial charge in [-0.2, -0.15) is 0 Å². The molecule has 0 aliphatic carbocycles. The SMILES string of the molecule is O=C(O)c1cc2cc(Cl)cc(Cn3cc([C@H](O)c4ccccc4)nn3)c2[nH]c1=O. The first-order valence-electron chi connectivity index (χ1n) is 8.64. The maximum Gasteiger partial charge on any atom is 0.341 e. The second-order valence-corrected chi connectivity index (χ2v) is 6.94. The Morgan fingerprint density at radius 3 is 2.69 bits per heavy atom. The summed E-state index contributed by atoms with van der Waals surface area (Å²) in [5, 5.41) is 28.6. The number of aliphatic hydroxyl groups is 1. The maximum absolute atomic E-state index is 12.1. The number of H-pyrrole nitrogens is 1. The number of carbonyl (C=O) groups is 1. The van der Waals surface area contributed by atoms with Crippen LogP contribution in [0.15, 0.2) is 59.5 Å². The monoisotopic (exact) mass is 410 g/mol. The number of aromatic amines is 1. The van der Waals surface area contributed by atoms with Gasteiger partial charge < -0.3 is 15.2 Å². The van der Waals surface area contributed by atoms with Crippen LogP contribution in [-0.4, -0.2) is 36.2 Å². The second kappa shape index (κ2) is 7.50. The molecule has 1 atom stereocenters. The zero-order valence-corrected chi connectivity index (χ0v) is 15.7. The molecule has 0 bridgehead atoms. The van der Waals surface area contributed by atoms with Crippen molar-refractivity contribution < 1.29 is 15.0 Å². The van der Waals surface area contributed by atoms with E-state index >= 15 is 0 Å². The van der Waals surface area contributed by atoms with E-state index in [0.717, 1.165) is 0 Å². The molecular formula is C20H15ClN4O4. The van der Waals surface area contributed by atoms with Gasteiger partial charge in [0.2, 0.25) is 0 Å². The number of nitrogens with one attached hydrogen (secondary N) is 1. The van der Waals surface area contributed by atoms with Crippen LogP contribution in [0.1, 0.15) is 33.3 Å². The lowest BCUT2D eigenvalue weighted by Gasteiger charge is -2.09. The number of nitrogens with zero attached hydrogens (tertiary/aromatic N) is 3. The van der Waals surface area contributed by atoms with Gasteiger partial charge in [-0.05, 0) is 29.3 Å². The molecule has 2 aromatic heterocycles. The van der Waals surface area contributed by atoms with Crippen LogP contribution in [0.4, 0.5) is 0 Å². The Morgan fingerprint density at radius 1 is 1.21 bits per heavy atom. The van der Waals surface area contributed by atoms with E-state index in [1.54, 1.807) is 30.5 Å². The van der Waals surface area contributed by atoms with E-state index in [1.165, 1.54) is 10.7 Å². The summed E-state index contributed by atoms with van der Waals surface area (Å²) in [6, 6.07) is 13.6. The molecule has 2 aromatic carbocycles. The Labute approximate surface area is 169 Å². The van der Waals surface area contributed by atoms with Crippen molar-refractivity contribution in [2.75, 3.05) is 0 Å². The fraction of sp³-hybridized carbons (Fsp3) is 0.100. The standard InChI is InChI=1S/C20H15ClN4O4/c21-14-6-12-8-15(20(28)29)19(27)22-17(12)13(7-14)9-25-10-16(23-24-25)18(26)11-4-2-1-3-5-11/h1-8,10,18,26H,9H2,(H,22,27)(H,28,29)/t18-/m1/s1. The topological polar surface area (TPSA) is 121 Å². The molecule has 146 valence electrons. The van der Waals surface area contributed by atoms with E-state index in [9.17, 15) is 14.7 Å². The molecule has 0 radical (unpaired) electrons. The van der Waals surface area contributed by atoms with Gasteiger partial charge in [-0.1, -0.05) is 47.1 Å². The number of hydrogen-bond donors (Lipinski definition) is 3. The number of benzene rings is 2. The Bertz CT molecular complexity index is 1270. The Morgan fingerprint density at radius 2 is 1.97 bits per heavy atom. The van der Waals surface area contributed by atoms with Gasteiger partial charge in [-0.15, -0.1) is 5.10 Å². The lowest BCUT2D eigenvalue weighted by atomic mass is 10.1. The number of carboxylic acids is 1. The predicted octanol–water partition coefficient (Wildman–Crippen LogP) is 2.60. The van der Waals surface area contributed by atoms with Gasteiger partial charge in [0.25, 0.3) is 5.56 Å². The number of hydrogen-bond acceptors (Lipinski definition) is 5. The maximum atomic E-state index is 12.1. The molecule has 0 saturated carbocycles. The minimum absolute atomic E-state index is 0.216. The normalized spacial score (nSPS) is 12.2. The van der Waals surface area contributed by atoms with Crippen molar-refractivity contribution in [3.63, 3.8) is 0 Å². The molecule has 0 unspecified atom stereocenters. The summed E-state index contributed by atoms with van der Waals surface area (Å²) >= 11 is 6.17. The molecule has 3 N–H and O–H groups in total. The highest BCUT2D eigenvalue weighted by molar-refractivity contribution is 6.31. The zero-order valence-electron chi connectivity index (χ0n) is 14.9. The summed E-state index contributed by atoms with van der Waals surface area (Å²) in [6.45, 7) is 0.216. The molecular weight excluding hydrogens is 396 g/mol. The highest BCUT2D eigenvalue weighted by Crippen LogP contribution is 2.24. The van der Waals surface area contributed by atoms with E-state index in [0.29, 0.717) is 32.7 Å². The lowest BCUT2D eigenvalue weighted by Crippen LogP contribution is -2.17. The largest absolute Gasteiger partial charge is 0.477 e. The number of halogens is 1. The predicted molar refractivity (Wildman–Crippen MR) is 106 cm³/mol. The van der Waals surface area contributed by atoms with Crippen molar-refractivity contribution in [3.05, 3.63) is 92.5 Å². The van der Waals surface area contributed by atoms with Crippen molar-refractivity contribution in [1.29, 1.82) is 0 Å². The van der Waals surface area contributed by atoms with Crippen molar-refractivity contribution in [3.8, 4) is 0 Å². The Hall–Kier alpha value is -3.49. The molecule has 0 fully saturated rings. The third kappa shape index (κ3) is 3.75. The second-order valence-electron chi connectivity index (χ2n) is 6.50. The molecule has 0 amide bonds. The Balaban J connectivity index is 1.70. The molecule has 4 aromatic rings. The van der Waals surface area contributed by atoms with Crippen LogP contribution in [0.2, 0.25) is 5.02 Å². The highest BCUT2D eigenvalue weighted by atomic mass is 35.5. The number of aromatic carboxylic acids is 1. The summed E-state index contributed by atoms with van der Waals surface area (Å²) in [5.41, 5.74) is 1.10. The fourth-order valence-electron chi connectivity index (χ4n) is 3.13. The molecule has 4 rings (SSSR count). The third-order valence-corrected chi connectivity index (χ3v) is 4.73. The first kappa shape index (κ1) is 18.9. The van der Waals surface area contributed by atoms with E-state index in [1.807, 2.05) is 18.2 Å². The average molecular weight is 411 g/mol. The van der Waals surface area contributed by atoms with E-state index in [4.69, 9.17) is 16.7 Å². The van der Waals surface area contributed by atoms with Crippen LogP contribution < -0.4 is 5.56 Å². The first-order chi connectivity index (χ1) is 13.9. The van der Waals surface area contributed by atoms with Gasteiger partial charge >= 0.3 is 5.97 Å². The van der Waals surface area contributed by atoms with Crippen LogP contribution >= 0.6 is 11.6 Å². The van der Waals surface area contributed by atoms with Crippen LogP contribution in [-0.2, 0) is 6.54 Å². The summed E-state index contributed by atoms with van der Waals surface area (Å²) in [6.07, 6.45) is 0.688. The average Bonchev–Trinajstić information content (AvgIpc) is 3.16. The minimum atomic E-state index is -1.31. The van der Waals surface area contributed by atoms with Crippen LogP contribution in [0.3, 0.4) is 0 Å². The van der Waals surface area contributed by atoms with Gasteiger partial charge in [0.05, 0.1) is 18.3 Å². The molecule has 0 spiro atoms. The highest BCUT2D eigenvalue weighted by Gasteiger charge is 2.16. The molecule has 29 heavy (non-hydrogen) atoms. The minimum Gasteiger partial charge on any atom is -0.477 e. The van der Waals surface area contributed by atoms with Gasteiger partial charge in [0.15, 0.2) is 0 Å². The van der Waals surface area contributed by atoms with E-state index in [2.05, 4.69) is 15.3 Å². The number of pyridine rings is 1. The molecule has 9 heteroatoms. The third-order valence-electron chi connectivity index (χ3n) is 4.51. The number of aliphatic hydroxyl groups excluding tert-OH is 1. The van der Waals surface area contributed by atoms with Crippen LogP contribution in [0, 0.1) is 0 Å². The van der Waals surface area contributed by atoms with Crippen molar-refractivity contribution in [2.45, 2.75) is 12.6 Å². The van der Waals surface area contributed by atoms with Crippen molar-refractivity contribution >= 4 is 28.5 Å². The van der Waals surface area contributed by atoms with Crippen molar-refractivity contribution in [2.24, 2.45) is 0 Å². The smallest absolute Gasteiger partial charge is 0.341 e. The summed E-state index contributed by atoms with van der Waals surface area (Å²) < 4.78 is 1.51. The molecule has 2 heterocycles. The van der Waals surface area contributed by atoms with Crippen LogP contribution in [0.25, 0.3) is 10.9 Å². The summed E-state index contributed by atoms with van der Waals surface area (Å²) in [4.78, 5) is 25.9. The first-order valence-corrected chi connectivity index (χ1v) is 9.02. The number of carboxylic acid groups (broad SMARTS) is 1. The van der Waals surface area contributed by atoms with E-state index < -0.39 is 17.6 Å². The molecule has 0 saturated heterocycles. The molecule has 8 nitrogen and oxygen atoms in total. The zero-order chi connectivity index (χ0) is 20.5. The van der Waals surface area contributed by atoms with Crippen molar-refractivity contribution in [1.82, 2.24) is 20.0 Å². The summed E-state index contributed by atoms with van der Waals surface area (Å²) in [7, 11) is 0. The molecule has 0 aliphatic heterocycles.